The zero-order valence-electron chi connectivity index (χ0n) is 17.3. The first-order chi connectivity index (χ1) is 13.9. The summed E-state index contributed by atoms with van der Waals surface area (Å²) in [7, 11) is 0. The van der Waals surface area contributed by atoms with Crippen LogP contribution in [0.1, 0.15) is 37.8 Å². The van der Waals surface area contributed by atoms with Crippen LogP contribution in [0, 0.1) is 12.7 Å². The van der Waals surface area contributed by atoms with Crippen LogP contribution >= 0.6 is 0 Å². The molecule has 2 aromatic rings. The van der Waals surface area contributed by atoms with E-state index in [1.807, 2.05) is 45.0 Å². The third kappa shape index (κ3) is 6.89. The Hall–Kier alpha value is -2.89. The van der Waals surface area contributed by atoms with Crippen LogP contribution in [-0.2, 0) is 16.1 Å². The minimum Gasteiger partial charge on any atom is -0.484 e. The molecule has 0 aliphatic heterocycles. The Kier molecular flexibility index (Phi) is 8.65. The lowest BCUT2D eigenvalue weighted by Crippen LogP contribution is -2.50. The molecule has 2 amide bonds. The smallest absolute Gasteiger partial charge is 0.261 e. The number of amides is 2. The van der Waals surface area contributed by atoms with Crippen LogP contribution in [-0.4, -0.2) is 35.9 Å². The molecule has 0 spiro atoms. The number of nitrogens with zero attached hydrogens (tertiary/aromatic N) is 1. The standard InChI is InChI=1S/C23H29FN2O3/c1-4-14-25-23(28)21(5-2)26(15-18-8-6-17(3)7-9-18)22(27)16-29-20-12-10-19(24)11-13-20/h6-13,21H,4-5,14-16H2,1-3H3,(H,25,28). The van der Waals surface area contributed by atoms with Gasteiger partial charge >= 0.3 is 0 Å². The summed E-state index contributed by atoms with van der Waals surface area (Å²) in [4.78, 5) is 27.2. The maximum Gasteiger partial charge on any atom is 0.261 e. The number of hydrogen-bond acceptors (Lipinski definition) is 3. The molecule has 1 N–H and O–H groups in total. The van der Waals surface area contributed by atoms with Crippen molar-refractivity contribution in [2.75, 3.05) is 13.2 Å². The number of ether oxygens (including phenoxy) is 1. The highest BCUT2D eigenvalue weighted by Gasteiger charge is 2.28. The van der Waals surface area contributed by atoms with Crippen molar-refractivity contribution in [3.63, 3.8) is 0 Å². The van der Waals surface area contributed by atoms with E-state index < -0.39 is 6.04 Å². The highest BCUT2D eigenvalue weighted by atomic mass is 19.1. The Morgan fingerprint density at radius 2 is 1.72 bits per heavy atom. The first-order valence-corrected chi connectivity index (χ1v) is 9.95. The molecule has 156 valence electrons. The Bertz CT molecular complexity index is 791. The van der Waals surface area contributed by atoms with Gasteiger partial charge in [0.1, 0.15) is 17.6 Å². The summed E-state index contributed by atoms with van der Waals surface area (Å²) in [6, 6.07) is 12.8. The van der Waals surface area contributed by atoms with Crippen molar-refractivity contribution in [1.29, 1.82) is 0 Å². The normalized spacial score (nSPS) is 11.6. The van der Waals surface area contributed by atoms with Gasteiger partial charge < -0.3 is 15.0 Å². The molecule has 0 aromatic heterocycles. The van der Waals surface area contributed by atoms with Gasteiger partial charge in [-0.3, -0.25) is 9.59 Å². The fourth-order valence-electron chi connectivity index (χ4n) is 2.93. The van der Waals surface area contributed by atoms with Gasteiger partial charge in [-0.2, -0.15) is 0 Å². The third-order valence-corrected chi connectivity index (χ3v) is 4.58. The number of aryl methyl sites for hydroxylation is 1. The summed E-state index contributed by atoms with van der Waals surface area (Å²) in [5.41, 5.74) is 2.06. The van der Waals surface area contributed by atoms with Gasteiger partial charge in [-0.25, -0.2) is 4.39 Å². The summed E-state index contributed by atoms with van der Waals surface area (Å²) < 4.78 is 18.6. The highest BCUT2D eigenvalue weighted by molar-refractivity contribution is 5.88. The second kappa shape index (κ2) is 11.2. The monoisotopic (exact) mass is 400 g/mol. The van der Waals surface area contributed by atoms with Gasteiger partial charge in [0.15, 0.2) is 6.61 Å². The molecule has 2 rings (SSSR count). The molecular weight excluding hydrogens is 371 g/mol. The number of rotatable bonds is 10. The van der Waals surface area contributed by atoms with Gasteiger partial charge in [-0.05, 0) is 49.6 Å². The zero-order valence-corrected chi connectivity index (χ0v) is 17.3. The predicted molar refractivity (Wildman–Crippen MR) is 111 cm³/mol. The molecule has 1 unspecified atom stereocenters. The maximum absolute atomic E-state index is 13.1. The number of benzene rings is 2. The van der Waals surface area contributed by atoms with Crippen molar-refractivity contribution >= 4 is 11.8 Å². The molecule has 6 heteroatoms. The lowest BCUT2D eigenvalue weighted by molar-refractivity contribution is -0.143. The Morgan fingerprint density at radius 1 is 1.07 bits per heavy atom. The maximum atomic E-state index is 13.1. The number of hydrogen-bond donors (Lipinski definition) is 1. The molecule has 0 aliphatic rings. The highest BCUT2D eigenvalue weighted by Crippen LogP contribution is 2.15. The first-order valence-electron chi connectivity index (χ1n) is 9.95. The average Bonchev–Trinajstić information content (AvgIpc) is 2.72. The fraction of sp³-hybridized carbons (Fsp3) is 0.391. The molecule has 0 fully saturated rings. The third-order valence-electron chi connectivity index (χ3n) is 4.58. The van der Waals surface area contributed by atoms with Crippen molar-refractivity contribution < 1.29 is 18.7 Å². The minimum absolute atomic E-state index is 0.170. The first kappa shape index (κ1) is 22.4. The summed E-state index contributed by atoms with van der Waals surface area (Å²) >= 11 is 0. The van der Waals surface area contributed by atoms with Gasteiger partial charge in [0.25, 0.3) is 5.91 Å². The molecule has 5 nitrogen and oxygen atoms in total. The van der Waals surface area contributed by atoms with Crippen LogP contribution in [0.3, 0.4) is 0 Å². The van der Waals surface area contributed by atoms with Crippen molar-refractivity contribution in [2.24, 2.45) is 0 Å². The molecule has 0 aliphatic carbocycles. The quantitative estimate of drug-likeness (QED) is 0.659. The molecule has 0 heterocycles. The lowest BCUT2D eigenvalue weighted by Gasteiger charge is -2.30. The molecule has 0 bridgehead atoms. The van der Waals surface area contributed by atoms with Crippen LogP contribution in [0.15, 0.2) is 48.5 Å². The lowest BCUT2D eigenvalue weighted by atomic mass is 10.1. The van der Waals surface area contributed by atoms with E-state index in [0.29, 0.717) is 25.3 Å². The van der Waals surface area contributed by atoms with E-state index in [4.69, 9.17) is 4.74 Å². The number of nitrogens with one attached hydrogen (secondary N) is 1. The number of carbonyl (C=O) groups excluding carboxylic acids is 2. The largest absolute Gasteiger partial charge is 0.484 e. The summed E-state index contributed by atoms with van der Waals surface area (Å²) in [5, 5.41) is 2.88. The van der Waals surface area contributed by atoms with Gasteiger partial charge in [0.2, 0.25) is 5.91 Å². The topological polar surface area (TPSA) is 58.6 Å². The molecule has 0 saturated carbocycles. The summed E-state index contributed by atoms with van der Waals surface area (Å²) in [6.45, 7) is 6.50. The van der Waals surface area contributed by atoms with E-state index >= 15 is 0 Å². The van der Waals surface area contributed by atoms with Crippen LogP contribution in [0.4, 0.5) is 4.39 Å². The second-order valence-corrected chi connectivity index (χ2v) is 6.96. The van der Waals surface area contributed by atoms with Crippen molar-refractivity contribution in [3.8, 4) is 5.75 Å². The minimum atomic E-state index is -0.591. The average molecular weight is 400 g/mol. The Morgan fingerprint density at radius 3 is 2.31 bits per heavy atom. The second-order valence-electron chi connectivity index (χ2n) is 6.96. The molecule has 29 heavy (non-hydrogen) atoms. The fourth-order valence-corrected chi connectivity index (χ4v) is 2.93. The molecular formula is C23H29FN2O3. The molecule has 0 radical (unpaired) electrons. The zero-order chi connectivity index (χ0) is 21.2. The van der Waals surface area contributed by atoms with E-state index in [-0.39, 0.29) is 24.2 Å². The van der Waals surface area contributed by atoms with Crippen LogP contribution < -0.4 is 10.1 Å². The van der Waals surface area contributed by atoms with Gasteiger partial charge in [0, 0.05) is 13.1 Å². The number of halogens is 1. The van der Waals surface area contributed by atoms with Crippen molar-refractivity contribution in [1.82, 2.24) is 10.2 Å². The van der Waals surface area contributed by atoms with Gasteiger partial charge in [-0.15, -0.1) is 0 Å². The van der Waals surface area contributed by atoms with Crippen LogP contribution in [0.5, 0.6) is 5.75 Å². The van der Waals surface area contributed by atoms with E-state index in [2.05, 4.69) is 5.32 Å². The summed E-state index contributed by atoms with van der Waals surface area (Å²) in [5.74, 6) is -0.438. The van der Waals surface area contributed by atoms with Crippen molar-refractivity contribution in [2.45, 2.75) is 46.2 Å². The molecule has 0 saturated heterocycles. The van der Waals surface area contributed by atoms with E-state index in [1.165, 1.54) is 24.3 Å². The van der Waals surface area contributed by atoms with Gasteiger partial charge in [0.05, 0.1) is 0 Å². The molecule has 1 atom stereocenters. The van der Waals surface area contributed by atoms with Crippen molar-refractivity contribution in [3.05, 3.63) is 65.5 Å². The number of carbonyl (C=O) groups is 2. The summed E-state index contributed by atoms with van der Waals surface area (Å²) in [6.07, 6.45) is 1.31. The predicted octanol–water partition coefficient (Wildman–Crippen LogP) is 3.85. The van der Waals surface area contributed by atoms with E-state index in [1.54, 1.807) is 4.90 Å². The SMILES string of the molecule is CCCNC(=O)C(CC)N(Cc1ccc(C)cc1)C(=O)COc1ccc(F)cc1. The van der Waals surface area contributed by atoms with Gasteiger partial charge in [-0.1, -0.05) is 43.7 Å². The molecule has 2 aromatic carbocycles. The Balaban J connectivity index is 2.16. The van der Waals surface area contributed by atoms with Crippen LogP contribution in [0.25, 0.3) is 0 Å². The van der Waals surface area contributed by atoms with E-state index in [9.17, 15) is 14.0 Å². The van der Waals surface area contributed by atoms with E-state index in [0.717, 1.165) is 17.5 Å². The van der Waals surface area contributed by atoms with Crippen LogP contribution in [0.2, 0.25) is 0 Å². The Labute approximate surface area is 171 Å².